The Balaban J connectivity index is 2.14. The molecule has 0 fully saturated rings. The molecule has 0 aliphatic carbocycles. The van der Waals surface area contributed by atoms with E-state index in [2.05, 4.69) is 9.71 Å². The Morgan fingerprint density at radius 3 is 2.77 bits per heavy atom. The van der Waals surface area contributed by atoms with Crippen LogP contribution in [0.15, 0.2) is 34.2 Å². The predicted octanol–water partition coefficient (Wildman–Crippen LogP) is 0.218. The standard InChI is InChI=1S/C14H19N3O4S/c1-10(9-21-3)17(2)13(18)8-15-14-11-6-4-5-7-12(11)22(19,20)16-14/h4-7,10H,8-9H2,1-3H3,(H,15,16)/t10-/m0/s1. The number of carbonyl (C=O) groups is 1. The van der Waals surface area contributed by atoms with Gasteiger partial charge in [-0.2, -0.15) is 0 Å². The van der Waals surface area contributed by atoms with Crippen LogP contribution in [0.2, 0.25) is 0 Å². The second-order valence-corrected chi connectivity index (χ2v) is 6.73. The van der Waals surface area contributed by atoms with Crippen molar-refractivity contribution in [2.75, 3.05) is 27.3 Å². The average Bonchev–Trinajstić information content (AvgIpc) is 2.76. The lowest BCUT2D eigenvalue weighted by Crippen LogP contribution is -2.39. The van der Waals surface area contributed by atoms with Crippen LogP contribution >= 0.6 is 0 Å². The van der Waals surface area contributed by atoms with Crippen molar-refractivity contribution in [1.82, 2.24) is 9.62 Å². The van der Waals surface area contributed by atoms with Crippen LogP contribution in [-0.2, 0) is 19.6 Å². The van der Waals surface area contributed by atoms with E-state index in [9.17, 15) is 13.2 Å². The van der Waals surface area contributed by atoms with Crippen molar-refractivity contribution in [2.24, 2.45) is 4.99 Å². The zero-order valence-corrected chi connectivity index (χ0v) is 13.6. The zero-order chi connectivity index (χ0) is 16.3. The molecule has 0 bridgehead atoms. The summed E-state index contributed by atoms with van der Waals surface area (Å²) in [4.78, 5) is 17.9. The lowest BCUT2D eigenvalue weighted by Gasteiger charge is -2.23. The molecule has 1 aromatic carbocycles. The summed E-state index contributed by atoms with van der Waals surface area (Å²) in [5.74, 6) is -0.00243. The number of aliphatic imine (C=N–C) groups is 1. The molecule has 2 rings (SSSR count). The molecule has 8 heteroatoms. The van der Waals surface area contributed by atoms with Crippen molar-refractivity contribution >= 4 is 21.8 Å². The van der Waals surface area contributed by atoms with Gasteiger partial charge in [0.05, 0.1) is 17.5 Å². The van der Waals surface area contributed by atoms with E-state index in [4.69, 9.17) is 4.74 Å². The third-order valence-electron chi connectivity index (χ3n) is 3.50. The third-order valence-corrected chi connectivity index (χ3v) is 4.89. The van der Waals surface area contributed by atoms with Gasteiger partial charge in [-0.25, -0.2) is 8.42 Å². The molecule has 1 N–H and O–H groups in total. The summed E-state index contributed by atoms with van der Waals surface area (Å²) >= 11 is 0. The number of carbonyl (C=O) groups excluding carboxylic acids is 1. The quantitative estimate of drug-likeness (QED) is 0.839. The zero-order valence-electron chi connectivity index (χ0n) is 12.7. The van der Waals surface area contributed by atoms with E-state index in [1.165, 1.54) is 11.0 Å². The van der Waals surface area contributed by atoms with Crippen LogP contribution in [0.5, 0.6) is 0 Å². The normalized spacial score (nSPS) is 18.6. The molecule has 120 valence electrons. The Hall–Kier alpha value is -1.93. The maximum absolute atomic E-state index is 12.1. The lowest BCUT2D eigenvalue weighted by atomic mass is 10.2. The second-order valence-electron chi connectivity index (χ2n) is 5.08. The number of nitrogens with one attached hydrogen (secondary N) is 1. The largest absolute Gasteiger partial charge is 0.383 e. The van der Waals surface area contributed by atoms with Gasteiger partial charge in [0.15, 0.2) is 0 Å². The number of likely N-dealkylation sites (N-methyl/N-ethyl adjacent to an activating group) is 1. The minimum absolute atomic E-state index is 0.0785. The summed E-state index contributed by atoms with van der Waals surface area (Å²) in [6.45, 7) is 2.16. The first kappa shape index (κ1) is 16.4. The SMILES string of the molecule is COC[C@H](C)N(C)C(=O)CN=C1NS(=O)(=O)c2ccccc21. The maximum Gasteiger partial charge on any atom is 0.263 e. The molecule has 0 unspecified atom stereocenters. The summed E-state index contributed by atoms with van der Waals surface area (Å²) in [6, 6.07) is 6.46. The van der Waals surface area contributed by atoms with Gasteiger partial charge >= 0.3 is 0 Å². The van der Waals surface area contributed by atoms with Crippen molar-refractivity contribution in [3.8, 4) is 0 Å². The molecule has 0 saturated carbocycles. The Morgan fingerprint density at radius 1 is 1.41 bits per heavy atom. The van der Waals surface area contributed by atoms with Crippen LogP contribution < -0.4 is 4.72 Å². The molecule has 1 heterocycles. The predicted molar refractivity (Wildman–Crippen MR) is 82.3 cm³/mol. The van der Waals surface area contributed by atoms with Crippen molar-refractivity contribution in [3.05, 3.63) is 29.8 Å². The molecule has 7 nitrogen and oxygen atoms in total. The Kier molecular flexibility index (Phi) is 4.82. The number of rotatable bonds is 5. The summed E-state index contributed by atoms with van der Waals surface area (Å²) in [7, 11) is -0.339. The molecule has 1 aliphatic rings. The van der Waals surface area contributed by atoms with Gasteiger partial charge in [0.1, 0.15) is 12.4 Å². The number of amidine groups is 1. The van der Waals surface area contributed by atoms with Crippen LogP contribution in [0.3, 0.4) is 0 Å². The van der Waals surface area contributed by atoms with E-state index in [0.717, 1.165) is 0 Å². The van der Waals surface area contributed by atoms with Crippen LogP contribution in [0, 0.1) is 0 Å². The number of amides is 1. The molecular formula is C14H19N3O4S. The molecule has 0 spiro atoms. The minimum atomic E-state index is -3.57. The summed E-state index contributed by atoms with van der Waals surface area (Å²) in [5.41, 5.74) is 0.489. The summed E-state index contributed by atoms with van der Waals surface area (Å²) < 4.78 is 31.2. The van der Waals surface area contributed by atoms with Gasteiger partial charge < -0.3 is 9.64 Å². The van der Waals surface area contributed by atoms with Gasteiger partial charge in [0.2, 0.25) is 5.91 Å². The first-order valence-electron chi connectivity index (χ1n) is 6.78. The lowest BCUT2D eigenvalue weighted by molar-refractivity contribution is -0.131. The van der Waals surface area contributed by atoms with Crippen LogP contribution in [0.4, 0.5) is 0 Å². The van der Waals surface area contributed by atoms with Gasteiger partial charge in [-0.15, -0.1) is 0 Å². The fourth-order valence-electron chi connectivity index (χ4n) is 2.11. The van der Waals surface area contributed by atoms with Crippen LogP contribution in [0.25, 0.3) is 0 Å². The monoisotopic (exact) mass is 325 g/mol. The molecule has 22 heavy (non-hydrogen) atoms. The molecule has 1 aliphatic heterocycles. The fourth-order valence-corrected chi connectivity index (χ4v) is 3.36. The number of methoxy groups -OCH3 is 1. The Morgan fingerprint density at radius 2 is 2.09 bits per heavy atom. The molecule has 1 atom stereocenters. The average molecular weight is 325 g/mol. The highest BCUT2D eigenvalue weighted by Gasteiger charge is 2.30. The van der Waals surface area contributed by atoms with Crippen molar-refractivity contribution in [2.45, 2.75) is 17.9 Å². The smallest absolute Gasteiger partial charge is 0.263 e. The molecule has 0 saturated heterocycles. The number of hydrogen-bond acceptors (Lipinski definition) is 5. The summed E-state index contributed by atoms with van der Waals surface area (Å²) in [6.07, 6.45) is 0. The maximum atomic E-state index is 12.1. The van der Waals surface area contributed by atoms with Gasteiger partial charge in [-0.05, 0) is 19.1 Å². The van der Waals surface area contributed by atoms with Crippen molar-refractivity contribution in [1.29, 1.82) is 0 Å². The van der Waals surface area contributed by atoms with Crippen molar-refractivity contribution in [3.63, 3.8) is 0 Å². The number of ether oxygens (including phenoxy) is 1. The van der Waals surface area contributed by atoms with Gasteiger partial charge in [-0.1, -0.05) is 12.1 Å². The van der Waals surface area contributed by atoms with Gasteiger partial charge in [-0.3, -0.25) is 14.5 Å². The Bertz CT molecular complexity index is 700. The molecular weight excluding hydrogens is 306 g/mol. The fraction of sp³-hybridized carbons (Fsp3) is 0.429. The van der Waals surface area contributed by atoms with Crippen LogP contribution in [0.1, 0.15) is 12.5 Å². The van der Waals surface area contributed by atoms with Crippen molar-refractivity contribution < 1.29 is 17.9 Å². The van der Waals surface area contributed by atoms with E-state index in [0.29, 0.717) is 12.2 Å². The summed E-state index contributed by atoms with van der Waals surface area (Å²) in [5, 5.41) is 0. The molecule has 1 amide bonds. The highest BCUT2D eigenvalue weighted by molar-refractivity contribution is 7.90. The van der Waals surface area contributed by atoms with Crippen LogP contribution in [-0.4, -0.2) is 58.4 Å². The first-order chi connectivity index (χ1) is 10.4. The minimum Gasteiger partial charge on any atom is -0.383 e. The van der Waals surface area contributed by atoms with E-state index < -0.39 is 10.0 Å². The number of sulfonamides is 1. The molecule has 0 radical (unpaired) electrons. The van der Waals surface area contributed by atoms with E-state index in [-0.39, 0.29) is 29.2 Å². The van der Waals surface area contributed by atoms with Gasteiger partial charge in [0.25, 0.3) is 10.0 Å². The molecule has 0 aromatic heterocycles. The van der Waals surface area contributed by atoms with E-state index in [1.54, 1.807) is 32.4 Å². The first-order valence-corrected chi connectivity index (χ1v) is 8.26. The van der Waals surface area contributed by atoms with Gasteiger partial charge in [0, 0.05) is 19.7 Å². The highest BCUT2D eigenvalue weighted by Crippen LogP contribution is 2.22. The van der Waals surface area contributed by atoms with E-state index in [1.807, 2.05) is 6.92 Å². The number of nitrogens with zero attached hydrogens (tertiary/aromatic N) is 2. The number of benzene rings is 1. The number of fused-ring (bicyclic) bond motifs is 1. The Labute approximate surface area is 130 Å². The molecule has 1 aromatic rings. The van der Waals surface area contributed by atoms with E-state index >= 15 is 0 Å². The number of hydrogen-bond donors (Lipinski definition) is 1. The highest BCUT2D eigenvalue weighted by atomic mass is 32.2. The third kappa shape index (κ3) is 3.28. The second kappa shape index (κ2) is 6.45. The topological polar surface area (TPSA) is 88.1 Å².